The van der Waals surface area contributed by atoms with Crippen LogP contribution >= 0.6 is 0 Å². The van der Waals surface area contributed by atoms with E-state index in [1.54, 1.807) is 32.0 Å². The summed E-state index contributed by atoms with van der Waals surface area (Å²) in [5.74, 6) is 0. The van der Waals surface area contributed by atoms with Gasteiger partial charge in [-0.3, -0.25) is 0 Å². The van der Waals surface area contributed by atoms with E-state index in [0.29, 0.717) is 11.3 Å². The Labute approximate surface area is 112 Å². The van der Waals surface area contributed by atoms with Crippen molar-refractivity contribution in [1.82, 2.24) is 4.72 Å². The van der Waals surface area contributed by atoms with Crippen molar-refractivity contribution in [3.05, 3.63) is 47.4 Å². The number of anilines is 1. The highest BCUT2D eigenvalue weighted by Gasteiger charge is 2.21. The van der Waals surface area contributed by atoms with Crippen molar-refractivity contribution in [2.45, 2.75) is 25.3 Å². The topological polar surface area (TPSA) is 85.3 Å². The molecular formula is C13H16N2O3S. The van der Waals surface area contributed by atoms with Crippen LogP contribution < -0.4 is 10.5 Å². The average molecular weight is 280 g/mol. The summed E-state index contributed by atoms with van der Waals surface area (Å²) in [7, 11) is -3.64. The summed E-state index contributed by atoms with van der Waals surface area (Å²) in [6.45, 7) is 3.68. The Hall–Kier alpha value is -1.79. The van der Waals surface area contributed by atoms with Crippen molar-refractivity contribution in [3.63, 3.8) is 0 Å². The van der Waals surface area contributed by atoms with Crippen LogP contribution in [0.2, 0.25) is 0 Å². The molecule has 0 atom stereocenters. The third kappa shape index (κ3) is 2.80. The maximum atomic E-state index is 12.3. The molecule has 0 spiro atoms. The highest BCUT2D eigenvalue weighted by molar-refractivity contribution is 7.89. The van der Waals surface area contributed by atoms with Gasteiger partial charge in [0.25, 0.3) is 0 Å². The number of nitrogens with one attached hydrogen (secondary N) is 1. The highest BCUT2D eigenvalue weighted by Crippen LogP contribution is 2.25. The van der Waals surface area contributed by atoms with Crippen LogP contribution in [0.15, 0.2) is 40.0 Å². The van der Waals surface area contributed by atoms with Gasteiger partial charge in [0.1, 0.15) is 4.90 Å². The molecule has 0 aliphatic heterocycles. The lowest BCUT2D eigenvalue weighted by Gasteiger charge is -2.13. The first-order valence-corrected chi connectivity index (χ1v) is 7.26. The third-order valence-corrected chi connectivity index (χ3v) is 4.53. The molecule has 2 rings (SSSR count). The van der Waals surface area contributed by atoms with Crippen molar-refractivity contribution in [3.8, 4) is 0 Å². The Morgan fingerprint density at radius 3 is 2.53 bits per heavy atom. The maximum Gasteiger partial charge on any atom is 0.243 e. The third-order valence-electron chi connectivity index (χ3n) is 2.93. The quantitative estimate of drug-likeness (QED) is 0.838. The van der Waals surface area contributed by atoms with Crippen LogP contribution in [0, 0.1) is 13.8 Å². The van der Waals surface area contributed by atoms with Gasteiger partial charge in [0.05, 0.1) is 18.2 Å². The summed E-state index contributed by atoms with van der Waals surface area (Å²) < 4.78 is 32.0. The first-order chi connectivity index (χ1) is 8.92. The number of benzene rings is 1. The summed E-state index contributed by atoms with van der Waals surface area (Å²) in [6.07, 6.45) is 2.99. The van der Waals surface area contributed by atoms with Gasteiger partial charge in [0, 0.05) is 12.1 Å². The lowest BCUT2D eigenvalue weighted by Crippen LogP contribution is -2.25. The van der Waals surface area contributed by atoms with Crippen molar-refractivity contribution >= 4 is 15.7 Å². The molecule has 5 nitrogen and oxygen atoms in total. The molecule has 19 heavy (non-hydrogen) atoms. The minimum absolute atomic E-state index is 0.149. The molecule has 0 amide bonds. The molecular weight excluding hydrogens is 264 g/mol. The minimum Gasteiger partial charge on any atom is -0.472 e. The summed E-state index contributed by atoms with van der Waals surface area (Å²) >= 11 is 0. The first kappa shape index (κ1) is 13.6. The SMILES string of the molecule is Cc1ccc(C)c(S(=O)(=O)NCc2ccoc2)c1N. The number of nitrogens with two attached hydrogens (primary N) is 1. The van der Waals surface area contributed by atoms with Crippen LogP contribution in [0.3, 0.4) is 0 Å². The first-order valence-electron chi connectivity index (χ1n) is 5.78. The molecule has 0 bridgehead atoms. The monoisotopic (exact) mass is 280 g/mol. The number of hydrogen-bond donors (Lipinski definition) is 2. The predicted molar refractivity (Wildman–Crippen MR) is 73.1 cm³/mol. The minimum atomic E-state index is -3.64. The summed E-state index contributed by atoms with van der Waals surface area (Å²) in [5, 5.41) is 0. The summed E-state index contributed by atoms with van der Waals surface area (Å²) in [6, 6.07) is 5.26. The van der Waals surface area contributed by atoms with E-state index in [0.717, 1.165) is 11.1 Å². The Balaban J connectivity index is 2.32. The van der Waals surface area contributed by atoms with E-state index < -0.39 is 10.0 Å². The fourth-order valence-electron chi connectivity index (χ4n) is 1.81. The van der Waals surface area contributed by atoms with Gasteiger partial charge in [-0.25, -0.2) is 13.1 Å². The Morgan fingerprint density at radius 2 is 1.89 bits per heavy atom. The molecule has 3 N–H and O–H groups in total. The molecule has 6 heteroatoms. The lowest BCUT2D eigenvalue weighted by atomic mass is 10.1. The highest BCUT2D eigenvalue weighted by atomic mass is 32.2. The van der Waals surface area contributed by atoms with Crippen LogP contribution in [-0.2, 0) is 16.6 Å². The van der Waals surface area contributed by atoms with Crippen molar-refractivity contribution in [2.24, 2.45) is 0 Å². The number of aryl methyl sites for hydroxylation is 2. The molecule has 0 saturated heterocycles. The number of hydrogen-bond acceptors (Lipinski definition) is 4. The maximum absolute atomic E-state index is 12.3. The Morgan fingerprint density at radius 1 is 1.21 bits per heavy atom. The van der Waals surface area contributed by atoms with E-state index in [4.69, 9.17) is 10.2 Å². The molecule has 1 heterocycles. The average Bonchev–Trinajstić information content (AvgIpc) is 2.85. The molecule has 0 radical (unpaired) electrons. The van der Waals surface area contributed by atoms with Gasteiger partial charge in [0.15, 0.2) is 0 Å². The van der Waals surface area contributed by atoms with Crippen molar-refractivity contribution < 1.29 is 12.8 Å². The number of rotatable bonds is 4. The molecule has 0 aliphatic rings. The van der Waals surface area contributed by atoms with Gasteiger partial charge in [-0.1, -0.05) is 12.1 Å². The number of nitrogen functional groups attached to an aromatic ring is 1. The number of furan rings is 1. The van der Waals surface area contributed by atoms with Gasteiger partial charge in [-0.05, 0) is 31.0 Å². The van der Waals surface area contributed by atoms with E-state index in [2.05, 4.69) is 4.72 Å². The molecule has 1 aromatic heterocycles. The van der Waals surface area contributed by atoms with E-state index in [1.165, 1.54) is 12.5 Å². The molecule has 2 aromatic rings. The number of sulfonamides is 1. The second-order valence-electron chi connectivity index (χ2n) is 4.40. The molecule has 0 saturated carbocycles. The summed E-state index contributed by atoms with van der Waals surface area (Å²) in [5.41, 5.74) is 8.30. The normalized spacial score (nSPS) is 11.7. The molecule has 0 aliphatic carbocycles. The standard InChI is InChI=1S/C13H16N2O3S/c1-9-3-4-10(2)13(12(9)14)19(16,17)15-7-11-5-6-18-8-11/h3-6,8,15H,7,14H2,1-2H3. The van der Waals surface area contributed by atoms with E-state index in [9.17, 15) is 8.42 Å². The van der Waals surface area contributed by atoms with Crippen LogP contribution in [0.1, 0.15) is 16.7 Å². The van der Waals surface area contributed by atoms with E-state index >= 15 is 0 Å². The fraction of sp³-hybridized carbons (Fsp3) is 0.231. The van der Waals surface area contributed by atoms with Gasteiger partial charge in [0.2, 0.25) is 10.0 Å². The van der Waals surface area contributed by atoms with Crippen molar-refractivity contribution in [2.75, 3.05) is 5.73 Å². The van der Waals surface area contributed by atoms with Gasteiger partial charge in [-0.2, -0.15) is 0 Å². The Kier molecular flexibility index (Phi) is 3.64. The van der Waals surface area contributed by atoms with Crippen molar-refractivity contribution in [1.29, 1.82) is 0 Å². The molecule has 0 unspecified atom stereocenters. The second-order valence-corrected chi connectivity index (χ2v) is 6.10. The molecule has 102 valence electrons. The second kappa shape index (κ2) is 5.07. The molecule has 1 aromatic carbocycles. The van der Waals surface area contributed by atoms with Crippen LogP contribution in [0.4, 0.5) is 5.69 Å². The molecule has 0 fully saturated rings. The Bertz CT molecular complexity index is 676. The smallest absolute Gasteiger partial charge is 0.243 e. The largest absolute Gasteiger partial charge is 0.472 e. The predicted octanol–water partition coefficient (Wildman–Crippen LogP) is 1.96. The van der Waals surface area contributed by atoms with Gasteiger partial charge in [-0.15, -0.1) is 0 Å². The lowest BCUT2D eigenvalue weighted by molar-refractivity contribution is 0.561. The van der Waals surface area contributed by atoms with Gasteiger partial charge < -0.3 is 10.2 Å². The summed E-state index contributed by atoms with van der Waals surface area (Å²) in [4.78, 5) is 0.149. The fourth-order valence-corrected chi connectivity index (χ4v) is 3.25. The zero-order valence-corrected chi connectivity index (χ0v) is 11.6. The van der Waals surface area contributed by atoms with Crippen LogP contribution in [0.25, 0.3) is 0 Å². The van der Waals surface area contributed by atoms with Crippen LogP contribution in [0.5, 0.6) is 0 Å². The zero-order valence-electron chi connectivity index (χ0n) is 10.8. The van der Waals surface area contributed by atoms with E-state index in [-0.39, 0.29) is 11.4 Å². The van der Waals surface area contributed by atoms with Gasteiger partial charge >= 0.3 is 0 Å². The van der Waals surface area contributed by atoms with E-state index in [1.807, 2.05) is 0 Å². The van der Waals surface area contributed by atoms with Crippen LogP contribution in [-0.4, -0.2) is 8.42 Å². The zero-order chi connectivity index (χ0) is 14.0.